The number of hydrogen-bond acceptors (Lipinski definition) is 6. The number of aliphatic hydroxyl groups excluding tert-OH is 1. The van der Waals surface area contributed by atoms with E-state index in [0.29, 0.717) is 10.4 Å². The van der Waals surface area contributed by atoms with Crippen molar-refractivity contribution in [2.24, 2.45) is 5.10 Å². The summed E-state index contributed by atoms with van der Waals surface area (Å²) in [6.07, 6.45) is -0.0629. The van der Waals surface area contributed by atoms with Crippen LogP contribution in [0.5, 0.6) is 0 Å². The van der Waals surface area contributed by atoms with E-state index in [1.807, 2.05) is 0 Å². The van der Waals surface area contributed by atoms with Gasteiger partial charge in [-0.15, -0.1) is 0 Å². The first-order valence-electron chi connectivity index (χ1n) is 5.98. The maximum absolute atomic E-state index is 11.7. The summed E-state index contributed by atoms with van der Waals surface area (Å²) >= 11 is 4.19. The SMILES string of the molecule is O=C(NN=Cc1ccc([N+](=O)[O-])s1)C(O)c1ccc(Br)cc1. The maximum atomic E-state index is 11.7. The molecule has 9 heteroatoms. The molecule has 2 N–H and O–H groups in total. The summed E-state index contributed by atoms with van der Waals surface area (Å²) < 4.78 is 0.834. The molecule has 0 radical (unpaired) electrons. The van der Waals surface area contributed by atoms with Crippen LogP contribution in [0.15, 0.2) is 46.0 Å². The number of hydrazone groups is 1. The number of nitro groups is 1. The standard InChI is InChI=1S/C13H10BrN3O4S/c14-9-3-1-8(2-4-9)12(18)13(19)16-15-7-10-5-6-11(22-10)17(20)21/h1-7,12,18H,(H,16,19). The molecule has 114 valence electrons. The molecule has 1 amide bonds. The molecule has 1 heterocycles. The van der Waals surface area contributed by atoms with E-state index in [1.54, 1.807) is 24.3 Å². The quantitative estimate of drug-likeness (QED) is 0.470. The fourth-order valence-corrected chi connectivity index (χ4v) is 2.48. The Hall–Kier alpha value is -2.10. The van der Waals surface area contributed by atoms with Crippen LogP contribution in [0.2, 0.25) is 0 Å². The van der Waals surface area contributed by atoms with Crippen LogP contribution in [0.4, 0.5) is 5.00 Å². The molecule has 0 aliphatic carbocycles. The van der Waals surface area contributed by atoms with Crippen molar-refractivity contribution < 1.29 is 14.8 Å². The van der Waals surface area contributed by atoms with Crippen LogP contribution in [0.1, 0.15) is 16.5 Å². The minimum atomic E-state index is -1.34. The van der Waals surface area contributed by atoms with Gasteiger partial charge in [-0.2, -0.15) is 5.10 Å². The zero-order valence-corrected chi connectivity index (χ0v) is 13.4. The third kappa shape index (κ3) is 4.20. The second-order valence-electron chi connectivity index (χ2n) is 4.12. The van der Waals surface area contributed by atoms with Crippen molar-refractivity contribution in [3.05, 3.63) is 61.4 Å². The molecule has 0 aliphatic rings. The number of benzene rings is 1. The van der Waals surface area contributed by atoms with E-state index in [9.17, 15) is 20.0 Å². The van der Waals surface area contributed by atoms with Crippen molar-refractivity contribution in [1.29, 1.82) is 0 Å². The number of amides is 1. The van der Waals surface area contributed by atoms with Crippen LogP contribution in [-0.2, 0) is 4.79 Å². The summed E-state index contributed by atoms with van der Waals surface area (Å²) in [5.41, 5.74) is 2.62. The van der Waals surface area contributed by atoms with Gasteiger partial charge in [-0.05, 0) is 23.8 Å². The molecule has 2 aromatic rings. The van der Waals surface area contributed by atoms with E-state index >= 15 is 0 Å². The molecular formula is C13H10BrN3O4S. The lowest BCUT2D eigenvalue weighted by Crippen LogP contribution is -2.25. The van der Waals surface area contributed by atoms with Gasteiger partial charge in [0.1, 0.15) is 0 Å². The number of rotatable bonds is 5. The molecule has 0 saturated heterocycles. The highest BCUT2D eigenvalue weighted by Crippen LogP contribution is 2.22. The highest BCUT2D eigenvalue weighted by molar-refractivity contribution is 9.10. The zero-order chi connectivity index (χ0) is 16.1. The van der Waals surface area contributed by atoms with E-state index < -0.39 is 16.9 Å². The lowest BCUT2D eigenvalue weighted by Gasteiger charge is -2.08. The molecule has 2 rings (SSSR count). The molecule has 0 bridgehead atoms. The van der Waals surface area contributed by atoms with Crippen LogP contribution >= 0.6 is 27.3 Å². The van der Waals surface area contributed by atoms with Crippen LogP contribution in [0.25, 0.3) is 0 Å². The van der Waals surface area contributed by atoms with Gasteiger partial charge >= 0.3 is 5.00 Å². The Morgan fingerprint density at radius 2 is 2.05 bits per heavy atom. The predicted molar refractivity (Wildman–Crippen MR) is 85.8 cm³/mol. The maximum Gasteiger partial charge on any atom is 0.324 e. The van der Waals surface area contributed by atoms with Crippen LogP contribution in [-0.4, -0.2) is 22.2 Å². The van der Waals surface area contributed by atoms with Gasteiger partial charge in [0.2, 0.25) is 0 Å². The third-order valence-electron chi connectivity index (χ3n) is 2.59. The molecule has 0 aliphatic heterocycles. The summed E-state index contributed by atoms with van der Waals surface area (Å²) in [7, 11) is 0. The number of carbonyl (C=O) groups is 1. The largest absolute Gasteiger partial charge is 0.378 e. The predicted octanol–water partition coefficient (Wildman–Crippen LogP) is 2.60. The van der Waals surface area contributed by atoms with Gasteiger partial charge in [0.25, 0.3) is 5.91 Å². The molecular weight excluding hydrogens is 374 g/mol. The average molecular weight is 384 g/mol. The van der Waals surface area contributed by atoms with E-state index in [2.05, 4.69) is 26.5 Å². The van der Waals surface area contributed by atoms with E-state index in [-0.39, 0.29) is 5.00 Å². The first-order chi connectivity index (χ1) is 10.5. The minimum absolute atomic E-state index is 0.0114. The fraction of sp³-hybridized carbons (Fsp3) is 0.0769. The Bertz CT molecular complexity index is 714. The van der Waals surface area contributed by atoms with Gasteiger partial charge in [0.05, 0.1) is 16.0 Å². The van der Waals surface area contributed by atoms with Gasteiger partial charge in [-0.1, -0.05) is 39.4 Å². The van der Waals surface area contributed by atoms with Crippen LogP contribution in [0.3, 0.4) is 0 Å². The Morgan fingerprint density at radius 1 is 1.36 bits per heavy atom. The van der Waals surface area contributed by atoms with Gasteiger partial charge in [-0.25, -0.2) is 5.43 Å². The van der Waals surface area contributed by atoms with Crippen LogP contribution < -0.4 is 5.43 Å². The third-order valence-corrected chi connectivity index (χ3v) is 4.09. The Balaban J connectivity index is 1.95. The molecule has 7 nitrogen and oxygen atoms in total. The van der Waals surface area contributed by atoms with Crippen molar-refractivity contribution in [1.82, 2.24) is 5.43 Å². The second-order valence-corrected chi connectivity index (χ2v) is 6.13. The first-order valence-corrected chi connectivity index (χ1v) is 7.59. The highest BCUT2D eigenvalue weighted by atomic mass is 79.9. The van der Waals surface area contributed by atoms with Gasteiger partial charge in [0.15, 0.2) is 6.10 Å². The number of aliphatic hydroxyl groups is 1. The van der Waals surface area contributed by atoms with Gasteiger partial charge in [-0.3, -0.25) is 14.9 Å². The summed E-state index contributed by atoms with van der Waals surface area (Å²) in [4.78, 5) is 22.3. The number of hydrogen-bond donors (Lipinski definition) is 2. The molecule has 1 unspecified atom stereocenters. The molecule has 22 heavy (non-hydrogen) atoms. The van der Waals surface area contributed by atoms with E-state index in [4.69, 9.17) is 0 Å². The highest BCUT2D eigenvalue weighted by Gasteiger charge is 2.16. The Kier molecular flexibility index (Phi) is 5.36. The molecule has 1 aromatic heterocycles. The van der Waals surface area contributed by atoms with Crippen molar-refractivity contribution in [2.45, 2.75) is 6.10 Å². The van der Waals surface area contributed by atoms with Crippen molar-refractivity contribution in [3.63, 3.8) is 0 Å². The summed E-state index contributed by atoms with van der Waals surface area (Å²) in [6, 6.07) is 9.51. The lowest BCUT2D eigenvalue weighted by molar-refractivity contribution is -0.380. The average Bonchev–Trinajstić information content (AvgIpc) is 2.96. The van der Waals surface area contributed by atoms with Crippen molar-refractivity contribution >= 4 is 44.4 Å². The number of carbonyl (C=O) groups excluding carboxylic acids is 1. The van der Waals surface area contributed by atoms with E-state index in [1.165, 1.54) is 18.3 Å². The monoisotopic (exact) mass is 383 g/mol. The smallest absolute Gasteiger partial charge is 0.324 e. The van der Waals surface area contributed by atoms with Gasteiger partial charge in [0, 0.05) is 10.5 Å². The summed E-state index contributed by atoms with van der Waals surface area (Å²) in [5.74, 6) is -0.690. The minimum Gasteiger partial charge on any atom is -0.378 e. The van der Waals surface area contributed by atoms with E-state index in [0.717, 1.165) is 15.8 Å². The zero-order valence-electron chi connectivity index (χ0n) is 11.0. The molecule has 0 fully saturated rings. The Morgan fingerprint density at radius 3 is 2.64 bits per heavy atom. The lowest BCUT2D eigenvalue weighted by atomic mass is 10.1. The van der Waals surface area contributed by atoms with Crippen molar-refractivity contribution in [3.8, 4) is 0 Å². The summed E-state index contributed by atoms with van der Waals surface area (Å²) in [6.45, 7) is 0. The number of halogens is 1. The number of nitrogens with zero attached hydrogens (tertiary/aromatic N) is 2. The molecule has 0 saturated carbocycles. The topological polar surface area (TPSA) is 105 Å². The summed E-state index contributed by atoms with van der Waals surface area (Å²) in [5, 5.41) is 24.1. The molecule has 0 spiro atoms. The van der Waals surface area contributed by atoms with Crippen molar-refractivity contribution in [2.75, 3.05) is 0 Å². The molecule has 1 aromatic carbocycles. The molecule has 1 atom stereocenters. The first kappa shape index (κ1) is 16.3. The normalized spacial score (nSPS) is 12.3. The second kappa shape index (κ2) is 7.25. The van der Waals surface area contributed by atoms with Gasteiger partial charge < -0.3 is 5.11 Å². The van der Waals surface area contributed by atoms with Crippen LogP contribution in [0, 0.1) is 10.1 Å². The fourth-order valence-electron chi connectivity index (χ4n) is 1.53. The number of thiophene rings is 1. The number of nitrogens with one attached hydrogen (secondary N) is 1. The Labute approximate surface area is 137 Å².